The van der Waals surface area contributed by atoms with Crippen molar-refractivity contribution in [3.8, 4) is 0 Å². The Kier molecular flexibility index (Phi) is 3.04. The van der Waals surface area contributed by atoms with Crippen molar-refractivity contribution in [1.29, 1.82) is 0 Å². The molecule has 2 fully saturated rings. The summed E-state index contributed by atoms with van der Waals surface area (Å²) in [5.74, 6) is -1.37. The van der Waals surface area contributed by atoms with Crippen molar-refractivity contribution in [2.75, 3.05) is 13.1 Å². The molecule has 1 amide bonds. The van der Waals surface area contributed by atoms with Gasteiger partial charge < -0.3 is 10.0 Å². The van der Waals surface area contributed by atoms with Gasteiger partial charge in [-0.15, -0.1) is 0 Å². The molecular weight excluding hydrogens is 273 g/mol. The maximum atomic E-state index is 14.0. The summed E-state index contributed by atoms with van der Waals surface area (Å²) in [6.45, 7) is 2.29. The van der Waals surface area contributed by atoms with Gasteiger partial charge in [0.2, 0.25) is 5.91 Å². The molecule has 3 rings (SSSR count). The van der Waals surface area contributed by atoms with Crippen molar-refractivity contribution in [2.24, 2.45) is 5.41 Å². The summed E-state index contributed by atoms with van der Waals surface area (Å²) >= 11 is 0. The summed E-state index contributed by atoms with van der Waals surface area (Å²) in [6, 6.07) is 6.37. The van der Waals surface area contributed by atoms with Gasteiger partial charge in [-0.1, -0.05) is 18.2 Å². The van der Waals surface area contributed by atoms with Gasteiger partial charge in [-0.2, -0.15) is 0 Å². The first-order valence-corrected chi connectivity index (χ1v) is 7.17. The number of carbonyl (C=O) groups is 2. The summed E-state index contributed by atoms with van der Waals surface area (Å²) in [6.07, 6.45) is 1.71. The van der Waals surface area contributed by atoms with Gasteiger partial charge >= 0.3 is 5.97 Å². The molecule has 1 saturated heterocycles. The second kappa shape index (κ2) is 4.55. The second-order valence-electron chi connectivity index (χ2n) is 6.40. The molecule has 5 heteroatoms. The third-order valence-electron chi connectivity index (χ3n) is 4.83. The average Bonchev–Trinajstić information content (AvgIpc) is 3.15. The minimum Gasteiger partial charge on any atom is -0.481 e. The number of halogens is 1. The number of carboxylic acid groups (broad SMARTS) is 1. The van der Waals surface area contributed by atoms with E-state index in [9.17, 15) is 19.1 Å². The Morgan fingerprint density at radius 3 is 2.43 bits per heavy atom. The Balaban J connectivity index is 1.84. The van der Waals surface area contributed by atoms with Gasteiger partial charge in [0, 0.05) is 18.7 Å². The number of likely N-dealkylation sites (tertiary alicyclic amines) is 1. The van der Waals surface area contributed by atoms with Crippen LogP contribution in [-0.4, -0.2) is 35.0 Å². The molecule has 0 unspecified atom stereocenters. The predicted octanol–water partition coefficient (Wildman–Crippen LogP) is 2.18. The van der Waals surface area contributed by atoms with E-state index in [-0.39, 0.29) is 18.3 Å². The highest BCUT2D eigenvalue weighted by Gasteiger charge is 2.56. The largest absolute Gasteiger partial charge is 0.481 e. The molecule has 21 heavy (non-hydrogen) atoms. The molecule has 0 radical (unpaired) electrons. The minimum atomic E-state index is -0.888. The predicted molar refractivity (Wildman–Crippen MR) is 74.3 cm³/mol. The van der Waals surface area contributed by atoms with Crippen LogP contribution >= 0.6 is 0 Å². The maximum Gasteiger partial charge on any atom is 0.311 e. The number of nitrogens with zero attached hydrogens (tertiary/aromatic N) is 1. The van der Waals surface area contributed by atoms with E-state index in [2.05, 4.69) is 0 Å². The molecule has 1 aliphatic heterocycles. The quantitative estimate of drug-likeness (QED) is 0.928. The standard InChI is InChI=1S/C16H18FNO3/c1-15(14(20)21)8-9-18(10-15)13(19)16(6-7-16)11-4-2-3-5-12(11)17/h2-5H,6-10H2,1H3,(H,20,21)/t15-/m0/s1. The first kappa shape index (κ1) is 14.0. The van der Waals surface area contributed by atoms with Crippen molar-refractivity contribution in [3.63, 3.8) is 0 Å². The molecule has 112 valence electrons. The van der Waals surface area contributed by atoms with Crippen molar-refractivity contribution < 1.29 is 19.1 Å². The highest BCUT2D eigenvalue weighted by atomic mass is 19.1. The number of aliphatic carboxylic acids is 1. The molecule has 1 N–H and O–H groups in total. The normalized spacial score (nSPS) is 26.7. The van der Waals surface area contributed by atoms with Gasteiger partial charge in [0.05, 0.1) is 10.8 Å². The highest BCUT2D eigenvalue weighted by molar-refractivity contribution is 5.92. The van der Waals surface area contributed by atoms with E-state index >= 15 is 0 Å². The van der Waals surface area contributed by atoms with Gasteiger partial charge in [-0.25, -0.2) is 4.39 Å². The average molecular weight is 291 g/mol. The van der Waals surface area contributed by atoms with E-state index in [1.807, 2.05) is 0 Å². The summed E-state index contributed by atoms with van der Waals surface area (Å²) in [5, 5.41) is 9.25. The van der Waals surface area contributed by atoms with Gasteiger partial charge in [0.25, 0.3) is 0 Å². The first-order valence-electron chi connectivity index (χ1n) is 7.17. The number of amides is 1. The van der Waals surface area contributed by atoms with Crippen LogP contribution in [0.15, 0.2) is 24.3 Å². The van der Waals surface area contributed by atoms with E-state index in [0.29, 0.717) is 31.4 Å². The first-order chi connectivity index (χ1) is 9.89. The van der Waals surface area contributed by atoms with E-state index in [1.165, 1.54) is 6.07 Å². The SMILES string of the molecule is C[C@]1(C(=O)O)CCN(C(=O)C2(c3ccccc3F)CC2)C1. The molecule has 1 aromatic carbocycles. The van der Waals surface area contributed by atoms with Crippen LogP contribution in [0.3, 0.4) is 0 Å². The van der Waals surface area contributed by atoms with E-state index in [4.69, 9.17) is 0 Å². The Bertz CT molecular complexity index is 611. The maximum absolute atomic E-state index is 14.0. The third kappa shape index (κ3) is 2.11. The Morgan fingerprint density at radius 2 is 1.90 bits per heavy atom. The van der Waals surface area contributed by atoms with E-state index in [1.54, 1.807) is 30.0 Å². The van der Waals surface area contributed by atoms with Gasteiger partial charge in [0.1, 0.15) is 5.82 Å². The summed E-state index contributed by atoms with van der Waals surface area (Å²) < 4.78 is 14.0. The molecule has 0 spiro atoms. The van der Waals surface area contributed by atoms with Crippen LogP contribution in [0.1, 0.15) is 31.7 Å². The van der Waals surface area contributed by atoms with Crippen LogP contribution in [0, 0.1) is 11.2 Å². The Labute approximate surface area is 122 Å². The van der Waals surface area contributed by atoms with Crippen molar-refractivity contribution in [3.05, 3.63) is 35.6 Å². The molecule has 1 heterocycles. The Hall–Kier alpha value is -1.91. The second-order valence-corrected chi connectivity index (χ2v) is 6.40. The van der Waals surface area contributed by atoms with Gasteiger partial charge in [-0.05, 0) is 32.3 Å². The van der Waals surface area contributed by atoms with E-state index < -0.39 is 16.8 Å². The summed E-state index contributed by atoms with van der Waals surface area (Å²) in [7, 11) is 0. The minimum absolute atomic E-state index is 0.127. The van der Waals surface area contributed by atoms with Crippen LogP contribution in [0.2, 0.25) is 0 Å². The molecule has 2 aliphatic rings. The zero-order valence-corrected chi connectivity index (χ0v) is 11.9. The van der Waals surface area contributed by atoms with Crippen molar-refractivity contribution in [2.45, 2.75) is 31.6 Å². The zero-order valence-electron chi connectivity index (χ0n) is 11.9. The lowest BCUT2D eigenvalue weighted by Crippen LogP contribution is -2.40. The smallest absolute Gasteiger partial charge is 0.311 e. The summed E-state index contributed by atoms with van der Waals surface area (Å²) in [5.41, 5.74) is -1.21. The molecule has 4 nitrogen and oxygen atoms in total. The molecule has 1 saturated carbocycles. The monoisotopic (exact) mass is 291 g/mol. The fourth-order valence-corrected chi connectivity index (χ4v) is 3.18. The van der Waals surface area contributed by atoms with E-state index in [0.717, 1.165) is 0 Å². The molecular formula is C16H18FNO3. The Morgan fingerprint density at radius 1 is 1.24 bits per heavy atom. The van der Waals surface area contributed by atoms with Crippen LogP contribution < -0.4 is 0 Å². The molecule has 1 aromatic rings. The number of rotatable bonds is 3. The van der Waals surface area contributed by atoms with Gasteiger partial charge in [-0.3, -0.25) is 9.59 Å². The highest BCUT2D eigenvalue weighted by Crippen LogP contribution is 2.51. The van der Waals surface area contributed by atoms with Crippen LogP contribution in [0.5, 0.6) is 0 Å². The lowest BCUT2D eigenvalue weighted by Gasteiger charge is -2.25. The number of carboxylic acids is 1. The number of benzene rings is 1. The number of carbonyl (C=O) groups excluding carboxylic acids is 1. The zero-order chi connectivity index (χ0) is 15.3. The van der Waals surface area contributed by atoms with Crippen LogP contribution in [0.4, 0.5) is 4.39 Å². The van der Waals surface area contributed by atoms with Crippen molar-refractivity contribution in [1.82, 2.24) is 4.90 Å². The fraction of sp³-hybridized carbons (Fsp3) is 0.500. The molecule has 0 aromatic heterocycles. The number of hydrogen-bond acceptors (Lipinski definition) is 2. The topological polar surface area (TPSA) is 57.6 Å². The van der Waals surface area contributed by atoms with Gasteiger partial charge in [0.15, 0.2) is 0 Å². The molecule has 1 atom stereocenters. The van der Waals surface area contributed by atoms with Crippen LogP contribution in [-0.2, 0) is 15.0 Å². The molecule has 1 aliphatic carbocycles. The van der Waals surface area contributed by atoms with Crippen molar-refractivity contribution >= 4 is 11.9 Å². The lowest BCUT2D eigenvalue weighted by molar-refractivity contribution is -0.147. The fourth-order valence-electron chi connectivity index (χ4n) is 3.18. The summed E-state index contributed by atoms with van der Waals surface area (Å²) in [4.78, 5) is 25.6. The van der Waals surface area contributed by atoms with Crippen LogP contribution in [0.25, 0.3) is 0 Å². The lowest BCUT2D eigenvalue weighted by atomic mass is 9.90. The molecule has 0 bridgehead atoms. The number of hydrogen-bond donors (Lipinski definition) is 1. The third-order valence-corrected chi connectivity index (χ3v) is 4.83.